The topological polar surface area (TPSA) is 55.6 Å². The van der Waals surface area contributed by atoms with Crippen LogP contribution in [0.2, 0.25) is 0 Å². The first-order valence-electron chi connectivity index (χ1n) is 5.19. The molecule has 2 heterocycles. The fourth-order valence-corrected chi connectivity index (χ4v) is 1.41. The number of anilines is 1. The van der Waals surface area contributed by atoms with Gasteiger partial charge in [-0.3, -0.25) is 4.68 Å². The standard InChI is InChI=1S/C11H15N5/c1-8-4-12-11(13-5-8)15-9(2)10-6-14-16(3)7-10/h4-7,9H,1-3H3,(H,12,13,15). The van der Waals surface area contributed by atoms with Crippen LogP contribution in [-0.4, -0.2) is 19.7 Å². The number of hydrogen-bond acceptors (Lipinski definition) is 4. The monoisotopic (exact) mass is 217 g/mol. The molecule has 1 unspecified atom stereocenters. The lowest BCUT2D eigenvalue weighted by Gasteiger charge is -2.11. The Bertz CT molecular complexity index is 459. The summed E-state index contributed by atoms with van der Waals surface area (Å²) >= 11 is 0. The molecule has 0 fully saturated rings. The Labute approximate surface area is 94.5 Å². The van der Waals surface area contributed by atoms with Gasteiger partial charge in [0.15, 0.2) is 0 Å². The second-order valence-corrected chi connectivity index (χ2v) is 3.90. The number of nitrogens with one attached hydrogen (secondary N) is 1. The van der Waals surface area contributed by atoms with Gasteiger partial charge < -0.3 is 5.32 Å². The van der Waals surface area contributed by atoms with Crippen LogP contribution in [0.25, 0.3) is 0 Å². The normalized spacial score (nSPS) is 12.4. The van der Waals surface area contributed by atoms with E-state index in [2.05, 4.69) is 27.3 Å². The molecule has 5 heteroatoms. The van der Waals surface area contributed by atoms with Crippen LogP contribution in [0.4, 0.5) is 5.95 Å². The summed E-state index contributed by atoms with van der Waals surface area (Å²) in [6.07, 6.45) is 7.41. The molecule has 0 aliphatic carbocycles. The first-order chi connectivity index (χ1) is 7.65. The van der Waals surface area contributed by atoms with Crippen LogP contribution >= 0.6 is 0 Å². The highest BCUT2D eigenvalue weighted by Gasteiger charge is 2.08. The predicted octanol–water partition coefficient (Wildman–Crippen LogP) is 1.69. The van der Waals surface area contributed by atoms with E-state index in [0.29, 0.717) is 5.95 Å². The largest absolute Gasteiger partial charge is 0.348 e. The van der Waals surface area contributed by atoms with Crippen molar-refractivity contribution < 1.29 is 0 Å². The van der Waals surface area contributed by atoms with Gasteiger partial charge in [-0.2, -0.15) is 5.10 Å². The molecular weight excluding hydrogens is 202 g/mol. The van der Waals surface area contributed by atoms with Gasteiger partial charge in [0.2, 0.25) is 5.95 Å². The van der Waals surface area contributed by atoms with Crippen LogP contribution in [-0.2, 0) is 7.05 Å². The van der Waals surface area contributed by atoms with Crippen molar-refractivity contribution in [3.8, 4) is 0 Å². The minimum absolute atomic E-state index is 0.149. The second kappa shape index (κ2) is 4.30. The van der Waals surface area contributed by atoms with E-state index in [0.717, 1.165) is 11.1 Å². The molecule has 0 amide bonds. The van der Waals surface area contributed by atoms with E-state index in [9.17, 15) is 0 Å². The Kier molecular flexibility index (Phi) is 2.85. The minimum atomic E-state index is 0.149. The first kappa shape index (κ1) is 10.6. The Morgan fingerprint density at radius 1 is 1.25 bits per heavy atom. The number of aromatic nitrogens is 4. The molecule has 1 N–H and O–H groups in total. The van der Waals surface area contributed by atoms with Crippen molar-refractivity contribution in [1.29, 1.82) is 0 Å². The Balaban J connectivity index is 2.07. The molecule has 0 aromatic carbocycles. The van der Waals surface area contributed by atoms with Gasteiger partial charge in [-0.05, 0) is 19.4 Å². The Morgan fingerprint density at radius 2 is 1.94 bits per heavy atom. The summed E-state index contributed by atoms with van der Waals surface area (Å²) in [7, 11) is 1.90. The molecule has 84 valence electrons. The summed E-state index contributed by atoms with van der Waals surface area (Å²) in [5.74, 6) is 0.641. The van der Waals surface area contributed by atoms with E-state index in [4.69, 9.17) is 0 Å². The lowest BCUT2D eigenvalue weighted by molar-refractivity contribution is 0.765. The minimum Gasteiger partial charge on any atom is -0.348 e. The van der Waals surface area contributed by atoms with Gasteiger partial charge in [0.05, 0.1) is 12.2 Å². The van der Waals surface area contributed by atoms with Crippen molar-refractivity contribution in [3.05, 3.63) is 35.9 Å². The van der Waals surface area contributed by atoms with Crippen LogP contribution in [0.1, 0.15) is 24.1 Å². The van der Waals surface area contributed by atoms with E-state index < -0.39 is 0 Å². The molecule has 2 rings (SSSR count). The molecule has 0 saturated carbocycles. The van der Waals surface area contributed by atoms with E-state index in [1.807, 2.05) is 26.4 Å². The van der Waals surface area contributed by atoms with Gasteiger partial charge in [0, 0.05) is 31.2 Å². The summed E-state index contributed by atoms with van der Waals surface area (Å²) in [5.41, 5.74) is 2.17. The zero-order valence-corrected chi connectivity index (χ0v) is 9.68. The third kappa shape index (κ3) is 2.36. The molecule has 0 radical (unpaired) electrons. The maximum Gasteiger partial charge on any atom is 0.223 e. The van der Waals surface area contributed by atoms with E-state index in [-0.39, 0.29) is 6.04 Å². The molecule has 0 aliphatic heterocycles. The third-order valence-corrected chi connectivity index (χ3v) is 2.35. The molecule has 0 saturated heterocycles. The second-order valence-electron chi connectivity index (χ2n) is 3.90. The smallest absolute Gasteiger partial charge is 0.223 e. The van der Waals surface area contributed by atoms with E-state index >= 15 is 0 Å². The fraction of sp³-hybridized carbons (Fsp3) is 0.364. The van der Waals surface area contributed by atoms with Crippen molar-refractivity contribution in [3.63, 3.8) is 0 Å². The van der Waals surface area contributed by atoms with Crippen molar-refractivity contribution in [2.45, 2.75) is 19.9 Å². The lowest BCUT2D eigenvalue weighted by Crippen LogP contribution is -2.08. The van der Waals surface area contributed by atoms with Crippen LogP contribution in [0, 0.1) is 6.92 Å². The predicted molar refractivity (Wildman–Crippen MR) is 62.0 cm³/mol. The van der Waals surface area contributed by atoms with Gasteiger partial charge in [-0.25, -0.2) is 9.97 Å². The summed E-state index contributed by atoms with van der Waals surface area (Å²) in [6.45, 7) is 4.02. The zero-order valence-electron chi connectivity index (χ0n) is 9.68. The van der Waals surface area contributed by atoms with Crippen molar-refractivity contribution >= 4 is 5.95 Å². The molecule has 16 heavy (non-hydrogen) atoms. The molecule has 2 aromatic rings. The number of aryl methyl sites for hydroxylation is 2. The summed E-state index contributed by atoms with van der Waals surface area (Å²) < 4.78 is 1.78. The lowest BCUT2D eigenvalue weighted by atomic mass is 10.2. The fourth-order valence-electron chi connectivity index (χ4n) is 1.41. The van der Waals surface area contributed by atoms with Gasteiger partial charge in [-0.15, -0.1) is 0 Å². The van der Waals surface area contributed by atoms with Crippen LogP contribution in [0.15, 0.2) is 24.8 Å². The maximum absolute atomic E-state index is 4.20. The first-order valence-corrected chi connectivity index (χ1v) is 5.19. The molecule has 0 spiro atoms. The quantitative estimate of drug-likeness (QED) is 0.850. The third-order valence-electron chi connectivity index (χ3n) is 2.35. The van der Waals surface area contributed by atoms with E-state index in [1.54, 1.807) is 17.1 Å². The summed E-state index contributed by atoms with van der Waals surface area (Å²) in [6, 6.07) is 0.149. The molecule has 1 atom stereocenters. The molecular formula is C11H15N5. The average molecular weight is 217 g/mol. The zero-order chi connectivity index (χ0) is 11.5. The van der Waals surface area contributed by atoms with Crippen LogP contribution < -0.4 is 5.32 Å². The summed E-state index contributed by atoms with van der Waals surface area (Å²) in [4.78, 5) is 8.40. The van der Waals surface area contributed by atoms with Crippen molar-refractivity contribution in [1.82, 2.24) is 19.7 Å². The highest BCUT2D eigenvalue weighted by molar-refractivity contribution is 5.29. The molecule has 2 aromatic heterocycles. The average Bonchev–Trinajstić information content (AvgIpc) is 2.68. The van der Waals surface area contributed by atoms with Crippen molar-refractivity contribution in [2.75, 3.05) is 5.32 Å². The number of nitrogens with zero attached hydrogens (tertiary/aromatic N) is 4. The van der Waals surface area contributed by atoms with Gasteiger partial charge >= 0.3 is 0 Å². The van der Waals surface area contributed by atoms with E-state index in [1.165, 1.54) is 0 Å². The Hall–Kier alpha value is -1.91. The molecule has 0 bridgehead atoms. The van der Waals surface area contributed by atoms with Gasteiger partial charge in [0.1, 0.15) is 0 Å². The highest BCUT2D eigenvalue weighted by atomic mass is 15.2. The van der Waals surface area contributed by atoms with Crippen molar-refractivity contribution in [2.24, 2.45) is 7.05 Å². The number of rotatable bonds is 3. The Morgan fingerprint density at radius 3 is 2.50 bits per heavy atom. The van der Waals surface area contributed by atoms with Crippen LogP contribution in [0.3, 0.4) is 0 Å². The number of hydrogen-bond donors (Lipinski definition) is 1. The van der Waals surface area contributed by atoms with Crippen LogP contribution in [0.5, 0.6) is 0 Å². The molecule has 0 aliphatic rings. The summed E-state index contributed by atoms with van der Waals surface area (Å²) in [5, 5.41) is 7.35. The van der Waals surface area contributed by atoms with Gasteiger partial charge in [0.25, 0.3) is 0 Å². The van der Waals surface area contributed by atoms with Gasteiger partial charge in [-0.1, -0.05) is 0 Å². The SMILES string of the molecule is Cc1cnc(NC(C)c2cnn(C)c2)nc1. The molecule has 5 nitrogen and oxygen atoms in total. The highest BCUT2D eigenvalue weighted by Crippen LogP contribution is 2.15. The maximum atomic E-state index is 4.20.